The van der Waals surface area contributed by atoms with Gasteiger partial charge in [0.1, 0.15) is 34.3 Å². The molecule has 0 aliphatic rings. The summed E-state index contributed by atoms with van der Waals surface area (Å²) in [6.07, 6.45) is 1.57. The van der Waals surface area contributed by atoms with Gasteiger partial charge < -0.3 is 24.7 Å². The molecule has 0 radical (unpaired) electrons. The molecule has 0 bridgehead atoms. The lowest BCUT2D eigenvalue weighted by molar-refractivity contribution is 0.0745. The van der Waals surface area contributed by atoms with Crippen LogP contribution in [0.5, 0.6) is 11.5 Å². The van der Waals surface area contributed by atoms with E-state index in [9.17, 15) is 19.1 Å². The molecule has 4 aromatic rings. The number of nitrogens with zero attached hydrogens (tertiary/aromatic N) is 1. The van der Waals surface area contributed by atoms with Crippen LogP contribution in [0.4, 0.5) is 8.78 Å². The van der Waals surface area contributed by atoms with Crippen molar-refractivity contribution < 1.29 is 23.4 Å². The van der Waals surface area contributed by atoms with Gasteiger partial charge in [0, 0.05) is 47.9 Å². The molecule has 0 fully saturated rings. The van der Waals surface area contributed by atoms with E-state index in [2.05, 4.69) is 10.3 Å². The van der Waals surface area contributed by atoms with Crippen LogP contribution < -0.4 is 15.6 Å². The van der Waals surface area contributed by atoms with E-state index in [0.717, 1.165) is 0 Å². The number of aryl methyl sites for hydroxylation is 3. The van der Waals surface area contributed by atoms with E-state index in [1.54, 1.807) is 40.1 Å². The molecule has 194 valence electrons. The van der Waals surface area contributed by atoms with Gasteiger partial charge in [-0.2, -0.15) is 0 Å². The minimum atomic E-state index is -1.52. The molecule has 2 aromatic heterocycles. The van der Waals surface area contributed by atoms with Crippen LogP contribution in [0.3, 0.4) is 0 Å². The van der Waals surface area contributed by atoms with E-state index in [1.807, 2.05) is 0 Å². The van der Waals surface area contributed by atoms with Crippen molar-refractivity contribution >= 4 is 16.8 Å². The Morgan fingerprint density at radius 2 is 1.76 bits per heavy atom. The van der Waals surface area contributed by atoms with E-state index in [4.69, 9.17) is 4.74 Å². The van der Waals surface area contributed by atoms with E-state index in [-0.39, 0.29) is 34.0 Å². The third kappa shape index (κ3) is 4.86. The largest absolute Gasteiger partial charge is 0.456 e. The highest BCUT2D eigenvalue weighted by molar-refractivity contribution is 6.03. The topological polar surface area (TPSA) is 96.3 Å². The smallest absolute Gasteiger partial charge is 0.274 e. The molecule has 0 saturated carbocycles. The van der Waals surface area contributed by atoms with Crippen molar-refractivity contribution in [3.8, 4) is 22.6 Å². The average molecular weight is 510 g/mol. The Morgan fingerprint density at radius 1 is 1.11 bits per heavy atom. The molecule has 9 heteroatoms. The highest BCUT2D eigenvalue weighted by Gasteiger charge is 2.26. The van der Waals surface area contributed by atoms with Crippen LogP contribution in [-0.4, -0.2) is 27.1 Å². The van der Waals surface area contributed by atoms with Crippen molar-refractivity contribution in [3.63, 3.8) is 0 Å². The Hall–Kier alpha value is -3.98. The van der Waals surface area contributed by atoms with Gasteiger partial charge in [0.05, 0.1) is 5.60 Å². The molecule has 0 spiro atoms. The number of hydrogen-bond donors (Lipinski definition) is 3. The molecule has 1 amide bonds. The van der Waals surface area contributed by atoms with Crippen LogP contribution in [0.2, 0.25) is 0 Å². The summed E-state index contributed by atoms with van der Waals surface area (Å²) in [7, 11) is 1.56. The number of carbonyl (C=O) groups is 1. The van der Waals surface area contributed by atoms with Crippen molar-refractivity contribution in [1.82, 2.24) is 14.9 Å². The second-order valence-corrected chi connectivity index (χ2v) is 9.65. The van der Waals surface area contributed by atoms with Gasteiger partial charge in [-0.15, -0.1) is 0 Å². The number of hydrogen-bond acceptors (Lipinski definition) is 4. The van der Waals surface area contributed by atoms with Gasteiger partial charge in [0.2, 0.25) is 0 Å². The maximum absolute atomic E-state index is 15.2. The first-order chi connectivity index (χ1) is 17.3. The third-order valence-electron chi connectivity index (χ3n) is 6.20. The highest BCUT2D eigenvalue weighted by Crippen LogP contribution is 2.42. The average Bonchev–Trinajstić information content (AvgIpc) is 3.24. The number of pyridine rings is 1. The molecule has 4 rings (SSSR count). The Kier molecular flexibility index (Phi) is 6.68. The number of ether oxygens (including phenoxy) is 1. The van der Waals surface area contributed by atoms with Crippen LogP contribution >= 0.6 is 0 Å². The predicted octanol–water partition coefficient (Wildman–Crippen LogP) is 5.20. The van der Waals surface area contributed by atoms with Crippen LogP contribution in [0.15, 0.2) is 41.3 Å². The Morgan fingerprint density at radius 3 is 2.35 bits per heavy atom. The van der Waals surface area contributed by atoms with E-state index < -0.39 is 17.2 Å². The molecule has 37 heavy (non-hydrogen) atoms. The van der Waals surface area contributed by atoms with Crippen molar-refractivity contribution in [3.05, 3.63) is 80.9 Å². The van der Waals surface area contributed by atoms with E-state index >= 15 is 4.39 Å². The van der Waals surface area contributed by atoms with Crippen molar-refractivity contribution in [2.24, 2.45) is 7.05 Å². The monoisotopic (exact) mass is 509 g/mol. The minimum absolute atomic E-state index is 0.0175. The molecule has 7 nitrogen and oxygen atoms in total. The molecule has 0 atom stereocenters. The maximum Gasteiger partial charge on any atom is 0.274 e. The van der Waals surface area contributed by atoms with Crippen LogP contribution in [0.25, 0.3) is 22.0 Å². The molecule has 2 heterocycles. The van der Waals surface area contributed by atoms with Crippen LogP contribution in [0.1, 0.15) is 48.0 Å². The number of aromatic nitrogens is 2. The molecule has 3 N–H and O–H groups in total. The SMILES string of the molecule is CCNC(=O)c1cc2c(-c3cc(C(C)(C)O)c(F)cc3Oc3c(C)cc(F)cc3C)cn(C)c(=O)c2[nH]1. The lowest BCUT2D eigenvalue weighted by atomic mass is 9.92. The number of aliphatic hydroxyl groups is 1. The van der Waals surface area contributed by atoms with Crippen LogP contribution in [0, 0.1) is 25.5 Å². The minimum Gasteiger partial charge on any atom is -0.456 e. The first-order valence-corrected chi connectivity index (χ1v) is 11.8. The summed E-state index contributed by atoms with van der Waals surface area (Å²) in [6, 6.07) is 6.83. The standard InChI is InChI=1S/C28H29F2N3O4/c1-7-31-26(34)22-11-18-19(13-33(6)27(35)24(18)32-22)17-10-20(28(4,5)36)21(30)12-23(17)37-25-14(2)8-16(29)9-15(25)3/h8-13,32,36H,7H2,1-6H3,(H,31,34). The number of aromatic amines is 1. The second-order valence-electron chi connectivity index (χ2n) is 9.65. The van der Waals surface area contributed by atoms with Gasteiger partial charge in [-0.1, -0.05) is 0 Å². The second kappa shape index (κ2) is 9.48. The maximum atomic E-state index is 15.2. The van der Waals surface area contributed by atoms with Crippen molar-refractivity contribution in [2.75, 3.05) is 6.54 Å². The van der Waals surface area contributed by atoms with E-state index in [0.29, 0.717) is 39.9 Å². The number of rotatable bonds is 6. The zero-order valence-electron chi connectivity index (χ0n) is 21.5. The molecule has 0 aliphatic heterocycles. The summed E-state index contributed by atoms with van der Waals surface area (Å²) in [5.41, 5.74) is 0.404. The highest BCUT2D eigenvalue weighted by atomic mass is 19.1. The molecule has 0 saturated heterocycles. The lowest BCUT2D eigenvalue weighted by Crippen LogP contribution is -2.23. The van der Waals surface area contributed by atoms with Gasteiger partial charge in [-0.05, 0) is 70.0 Å². The number of amides is 1. The van der Waals surface area contributed by atoms with Crippen LogP contribution in [-0.2, 0) is 12.6 Å². The fraction of sp³-hybridized carbons (Fsp3) is 0.286. The van der Waals surface area contributed by atoms with Gasteiger partial charge in [-0.25, -0.2) is 8.78 Å². The number of H-pyrrole nitrogens is 1. The molecule has 2 aromatic carbocycles. The fourth-order valence-corrected chi connectivity index (χ4v) is 4.41. The number of fused-ring (bicyclic) bond motifs is 1. The summed E-state index contributed by atoms with van der Waals surface area (Å²) in [5.74, 6) is -1.03. The first kappa shape index (κ1) is 26.1. The van der Waals surface area contributed by atoms with Gasteiger partial charge >= 0.3 is 0 Å². The lowest BCUT2D eigenvalue weighted by Gasteiger charge is -2.22. The summed E-state index contributed by atoms with van der Waals surface area (Å²) in [4.78, 5) is 28.3. The quantitative estimate of drug-likeness (QED) is 0.333. The predicted molar refractivity (Wildman–Crippen MR) is 138 cm³/mol. The fourth-order valence-electron chi connectivity index (χ4n) is 4.41. The summed E-state index contributed by atoms with van der Waals surface area (Å²) in [6.45, 7) is 8.47. The van der Waals surface area contributed by atoms with Gasteiger partial charge in [0.15, 0.2) is 0 Å². The zero-order valence-corrected chi connectivity index (χ0v) is 21.5. The molecule has 0 aliphatic carbocycles. The Bertz CT molecular complexity index is 1570. The molecular formula is C28H29F2N3O4. The third-order valence-corrected chi connectivity index (χ3v) is 6.20. The number of carbonyl (C=O) groups excluding carboxylic acids is 1. The van der Waals surface area contributed by atoms with Gasteiger partial charge in [-0.3, -0.25) is 9.59 Å². The molecular weight excluding hydrogens is 480 g/mol. The Balaban J connectivity index is 2.04. The summed E-state index contributed by atoms with van der Waals surface area (Å²) in [5, 5.41) is 13.8. The van der Waals surface area contributed by atoms with Crippen molar-refractivity contribution in [2.45, 2.75) is 40.2 Å². The van der Waals surface area contributed by atoms with Crippen molar-refractivity contribution in [1.29, 1.82) is 0 Å². The molecule has 0 unspecified atom stereocenters. The number of benzene rings is 2. The normalized spacial score (nSPS) is 11.7. The van der Waals surface area contributed by atoms with E-state index in [1.165, 1.54) is 42.7 Å². The summed E-state index contributed by atoms with van der Waals surface area (Å²) < 4.78 is 36.7. The summed E-state index contributed by atoms with van der Waals surface area (Å²) >= 11 is 0. The van der Waals surface area contributed by atoms with Gasteiger partial charge in [0.25, 0.3) is 11.5 Å². The Labute approximate surface area is 212 Å². The first-order valence-electron chi connectivity index (χ1n) is 11.8. The number of halogens is 2. The zero-order chi connectivity index (χ0) is 27.2. The number of nitrogens with one attached hydrogen (secondary N) is 2.